The summed E-state index contributed by atoms with van der Waals surface area (Å²) in [6, 6.07) is 6.09. The Bertz CT molecular complexity index is 554. The molecule has 0 bridgehead atoms. The van der Waals surface area contributed by atoms with Gasteiger partial charge in [-0.25, -0.2) is 4.39 Å². The van der Waals surface area contributed by atoms with Gasteiger partial charge in [0.1, 0.15) is 5.82 Å². The van der Waals surface area contributed by atoms with Gasteiger partial charge in [0.2, 0.25) is 0 Å². The van der Waals surface area contributed by atoms with Crippen molar-refractivity contribution >= 4 is 29.0 Å². The minimum Gasteiger partial charge on any atom is -0.268 e. The van der Waals surface area contributed by atoms with Crippen LogP contribution in [0.25, 0.3) is 6.08 Å². The highest BCUT2D eigenvalue weighted by Gasteiger charge is 2.34. The summed E-state index contributed by atoms with van der Waals surface area (Å²) in [5, 5.41) is -0.359. The van der Waals surface area contributed by atoms with E-state index in [9.17, 15) is 14.0 Å². The van der Waals surface area contributed by atoms with Gasteiger partial charge in [0.15, 0.2) is 0 Å². The average Bonchev–Trinajstić information content (AvgIpc) is 2.60. The van der Waals surface area contributed by atoms with Gasteiger partial charge in [-0.15, -0.1) is 6.58 Å². The van der Waals surface area contributed by atoms with E-state index < -0.39 is 11.7 Å². The molecule has 1 heterocycles. The topological polar surface area (TPSA) is 37.4 Å². The van der Waals surface area contributed by atoms with Crippen LogP contribution in [0.15, 0.2) is 41.8 Å². The van der Waals surface area contributed by atoms with E-state index in [-0.39, 0.29) is 16.7 Å². The second kappa shape index (κ2) is 5.18. The van der Waals surface area contributed by atoms with Gasteiger partial charge in [-0.2, -0.15) is 0 Å². The van der Waals surface area contributed by atoms with Crippen molar-refractivity contribution < 1.29 is 14.0 Å². The molecular weight excluding hydrogens is 253 g/mol. The van der Waals surface area contributed by atoms with Crippen molar-refractivity contribution in [2.75, 3.05) is 6.54 Å². The smallest absolute Gasteiger partial charge is 0.268 e. The van der Waals surface area contributed by atoms with E-state index in [0.29, 0.717) is 5.56 Å². The molecule has 2 rings (SSSR count). The van der Waals surface area contributed by atoms with Crippen LogP contribution in [0.5, 0.6) is 0 Å². The van der Waals surface area contributed by atoms with Crippen molar-refractivity contribution in [3.8, 4) is 0 Å². The number of halogens is 1. The number of amides is 2. The lowest BCUT2D eigenvalue weighted by Crippen LogP contribution is -2.27. The normalized spacial score (nSPS) is 17.6. The number of carbonyl (C=O) groups is 2. The van der Waals surface area contributed by atoms with E-state index in [2.05, 4.69) is 6.58 Å². The van der Waals surface area contributed by atoms with Crippen molar-refractivity contribution in [3.05, 3.63) is 53.2 Å². The van der Waals surface area contributed by atoms with E-state index in [1.165, 1.54) is 18.2 Å². The van der Waals surface area contributed by atoms with Crippen LogP contribution in [-0.2, 0) is 4.79 Å². The molecule has 5 heteroatoms. The Labute approximate surface area is 108 Å². The number of benzene rings is 1. The summed E-state index contributed by atoms with van der Waals surface area (Å²) < 4.78 is 13.4. The van der Waals surface area contributed by atoms with Crippen LogP contribution in [0.4, 0.5) is 9.18 Å². The first-order valence-electron chi connectivity index (χ1n) is 5.24. The number of rotatable bonds is 3. The van der Waals surface area contributed by atoms with Gasteiger partial charge in [-0.05, 0) is 23.9 Å². The highest BCUT2D eigenvalue weighted by Crippen LogP contribution is 2.32. The first kappa shape index (κ1) is 12.6. The number of hydrogen-bond acceptors (Lipinski definition) is 3. The van der Waals surface area contributed by atoms with Gasteiger partial charge >= 0.3 is 0 Å². The number of imide groups is 1. The molecule has 0 N–H and O–H groups in total. The largest absolute Gasteiger partial charge is 0.293 e. The molecule has 1 aromatic rings. The second-order valence-corrected chi connectivity index (χ2v) is 4.60. The summed E-state index contributed by atoms with van der Waals surface area (Å²) in [4.78, 5) is 24.7. The van der Waals surface area contributed by atoms with Crippen molar-refractivity contribution in [3.63, 3.8) is 0 Å². The van der Waals surface area contributed by atoms with Crippen molar-refractivity contribution in [2.45, 2.75) is 0 Å². The van der Waals surface area contributed by atoms with Crippen LogP contribution in [0, 0.1) is 5.82 Å². The monoisotopic (exact) mass is 263 g/mol. The molecule has 1 aliphatic heterocycles. The van der Waals surface area contributed by atoms with E-state index in [0.717, 1.165) is 16.7 Å². The fourth-order valence-electron chi connectivity index (χ4n) is 1.52. The second-order valence-electron chi connectivity index (χ2n) is 3.60. The third kappa shape index (κ3) is 2.36. The summed E-state index contributed by atoms with van der Waals surface area (Å²) in [6.07, 6.45) is 2.87. The van der Waals surface area contributed by atoms with Gasteiger partial charge < -0.3 is 0 Å². The van der Waals surface area contributed by atoms with E-state index in [1.54, 1.807) is 18.2 Å². The van der Waals surface area contributed by atoms with E-state index >= 15 is 0 Å². The molecule has 0 spiro atoms. The van der Waals surface area contributed by atoms with Gasteiger partial charge in [0, 0.05) is 12.1 Å². The highest BCUT2D eigenvalue weighted by atomic mass is 32.2. The van der Waals surface area contributed by atoms with Crippen LogP contribution in [0.3, 0.4) is 0 Å². The van der Waals surface area contributed by atoms with Crippen molar-refractivity contribution in [1.82, 2.24) is 4.90 Å². The molecule has 1 saturated heterocycles. The van der Waals surface area contributed by atoms with Crippen LogP contribution < -0.4 is 0 Å². The van der Waals surface area contributed by atoms with Crippen molar-refractivity contribution in [2.24, 2.45) is 0 Å². The molecule has 0 aliphatic carbocycles. The lowest BCUT2D eigenvalue weighted by atomic mass is 10.2. The fourth-order valence-corrected chi connectivity index (χ4v) is 2.36. The third-order valence-corrected chi connectivity index (χ3v) is 3.28. The third-order valence-electron chi connectivity index (χ3n) is 2.38. The fraction of sp³-hybridized carbons (Fsp3) is 0.0769. The number of nitrogens with zero attached hydrogens (tertiary/aromatic N) is 1. The molecule has 1 aliphatic rings. The maximum atomic E-state index is 13.4. The van der Waals surface area contributed by atoms with Gasteiger partial charge in [-0.1, -0.05) is 24.3 Å². The van der Waals surface area contributed by atoms with E-state index in [1.807, 2.05) is 0 Å². The molecule has 0 atom stereocenters. The standard InChI is InChI=1S/C13H10FNO2S/c1-2-7-15-12(16)11(18-13(15)17)8-9-5-3-4-6-10(9)14/h2-6,8H,1,7H2/b11-8-. The maximum absolute atomic E-state index is 13.4. The molecule has 1 fully saturated rings. The Balaban J connectivity index is 2.31. The Morgan fingerprint density at radius 1 is 1.33 bits per heavy atom. The summed E-state index contributed by atoms with van der Waals surface area (Å²) >= 11 is 0.809. The minimum absolute atomic E-state index is 0.166. The van der Waals surface area contributed by atoms with Crippen molar-refractivity contribution in [1.29, 1.82) is 0 Å². The van der Waals surface area contributed by atoms with E-state index in [4.69, 9.17) is 0 Å². The lowest BCUT2D eigenvalue weighted by Gasteiger charge is -2.07. The van der Waals surface area contributed by atoms with Gasteiger partial charge in [0.05, 0.1) is 4.91 Å². The Hall–Kier alpha value is -1.88. The Morgan fingerprint density at radius 3 is 2.72 bits per heavy atom. The minimum atomic E-state index is -0.423. The first-order valence-corrected chi connectivity index (χ1v) is 6.06. The SMILES string of the molecule is C=CCN1C(=O)S/C(=C\c2ccccc2F)C1=O. The zero-order valence-electron chi connectivity index (χ0n) is 9.43. The lowest BCUT2D eigenvalue weighted by molar-refractivity contribution is -0.122. The molecule has 0 aromatic heterocycles. The van der Waals surface area contributed by atoms with Crippen LogP contribution in [0.1, 0.15) is 5.56 Å². The highest BCUT2D eigenvalue weighted by molar-refractivity contribution is 8.18. The first-order chi connectivity index (χ1) is 8.63. The summed E-state index contributed by atoms with van der Waals surface area (Å²) in [7, 11) is 0. The van der Waals surface area contributed by atoms with Crippen LogP contribution in [0.2, 0.25) is 0 Å². The van der Waals surface area contributed by atoms with Gasteiger partial charge in [0.25, 0.3) is 11.1 Å². The average molecular weight is 263 g/mol. The van der Waals surface area contributed by atoms with Crippen LogP contribution >= 0.6 is 11.8 Å². The zero-order valence-corrected chi connectivity index (χ0v) is 10.2. The molecule has 0 saturated carbocycles. The maximum Gasteiger partial charge on any atom is 0.293 e. The molecule has 92 valence electrons. The summed E-state index contributed by atoms with van der Waals surface area (Å²) in [5.74, 6) is -0.832. The molecule has 0 unspecified atom stereocenters. The molecule has 1 aromatic carbocycles. The van der Waals surface area contributed by atoms with Gasteiger partial charge in [-0.3, -0.25) is 14.5 Å². The number of carbonyl (C=O) groups excluding carboxylic acids is 2. The predicted octanol–water partition coefficient (Wildman–Crippen LogP) is 3.05. The molecule has 18 heavy (non-hydrogen) atoms. The molecule has 3 nitrogen and oxygen atoms in total. The Morgan fingerprint density at radius 2 is 2.06 bits per heavy atom. The quantitative estimate of drug-likeness (QED) is 0.621. The van der Waals surface area contributed by atoms with Crippen LogP contribution in [-0.4, -0.2) is 22.6 Å². The molecule has 0 radical (unpaired) electrons. The molecule has 2 amide bonds. The number of hydrogen-bond donors (Lipinski definition) is 0. The number of thioether (sulfide) groups is 1. The predicted molar refractivity (Wildman–Crippen MR) is 69.3 cm³/mol. The Kier molecular flexibility index (Phi) is 3.62. The molecular formula is C13H10FNO2S. The zero-order chi connectivity index (χ0) is 13.1. The summed E-state index contributed by atoms with van der Waals surface area (Å²) in [5.41, 5.74) is 0.293. The summed E-state index contributed by atoms with van der Waals surface area (Å²) in [6.45, 7) is 3.65.